The van der Waals surface area contributed by atoms with Crippen LogP contribution in [0.2, 0.25) is 0 Å². The van der Waals surface area contributed by atoms with Gasteiger partial charge in [-0.1, -0.05) is 87.0 Å². The van der Waals surface area contributed by atoms with E-state index in [4.69, 9.17) is 23.7 Å². The summed E-state index contributed by atoms with van der Waals surface area (Å²) < 4.78 is 31.0. The number of carbonyl (C=O) groups is 6. The molecular formula is C50H55NO14. The number of aliphatic hydroxyl groups is 3. The molecule has 3 aromatic rings. The fourth-order valence-corrected chi connectivity index (χ4v) is 10.8. The Labute approximate surface area is 376 Å². The highest BCUT2D eigenvalue weighted by molar-refractivity contribution is 5.96. The monoisotopic (exact) mass is 893 g/mol. The summed E-state index contributed by atoms with van der Waals surface area (Å²) >= 11 is 0. The van der Waals surface area contributed by atoms with Gasteiger partial charge in [0.2, 0.25) is 0 Å². The molecule has 4 N–H and O–H groups in total. The van der Waals surface area contributed by atoms with E-state index < -0.39 is 119 Å². The average molecular weight is 894 g/mol. The number of aliphatic hydroxyl groups excluding tert-OH is 2. The second-order valence-corrected chi connectivity index (χ2v) is 18.8. The number of ketones is 1. The van der Waals surface area contributed by atoms with E-state index >= 15 is 4.79 Å². The van der Waals surface area contributed by atoms with Gasteiger partial charge in [0.1, 0.15) is 23.9 Å². The van der Waals surface area contributed by atoms with E-state index in [2.05, 4.69) is 5.32 Å². The first kappa shape index (κ1) is 45.8. The topological polar surface area (TPSA) is 221 Å². The molecule has 0 spiro atoms. The number of Topliss-reactive ketones (excluding diaryl/α,β-unsaturated/α-hetero) is 1. The van der Waals surface area contributed by atoms with Crippen LogP contribution in [-0.4, -0.2) is 105 Å². The summed E-state index contributed by atoms with van der Waals surface area (Å²) in [5, 5.41) is 40.7. The lowest BCUT2D eigenvalue weighted by atomic mass is 9.44. The molecule has 3 aromatic carbocycles. The fourth-order valence-electron chi connectivity index (χ4n) is 10.8. The van der Waals surface area contributed by atoms with Crippen LogP contribution in [0.15, 0.2) is 102 Å². The fraction of sp³-hybridized carbons (Fsp3) is 0.480. The zero-order chi connectivity index (χ0) is 46.6. The number of fused-ring (bicyclic) bond motifs is 5. The molecule has 344 valence electrons. The molecule has 11 atom stereocenters. The predicted octanol–water partition coefficient (Wildman–Crippen LogP) is 4.52. The van der Waals surface area contributed by atoms with E-state index in [-0.39, 0.29) is 35.3 Å². The van der Waals surface area contributed by atoms with Crippen LogP contribution in [0.5, 0.6) is 0 Å². The Hall–Kier alpha value is -5.74. The second-order valence-electron chi connectivity index (χ2n) is 18.8. The summed E-state index contributed by atoms with van der Waals surface area (Å²) in [6.07, 6.45) is -8.51. The molecule has 3 saturated carbocycles. The van der Waals surface area contributed by atoms with Gasteiger partial charge in [0.25, 0.3) is 5.91 Å². The average Bonchev–Trinajstić information content (AvgIpc) is 3.26. The third-order valence-electron chi connectivity index (χ3n) is 14.9. The van der Waals surface area contributed by atoms with Crippen molar-refractivity contribution in [1.29, 1.82) is 0 Å². The van der Waals surface area contributed by atoms with Crippen LogP contribution < -0.4 is 5.32 Å². The lowest BCUT2D eigenvalue weighted by Crippen LogP contribution is -2.82. The summed E-state index contributed by atoms with van der Waals surface area (Å²) in [7, 11) is 0. The third kappa shape index (κ3) is 7.65. The van der Waals surface area contributed by atoms with E-state index in [1.807, 2.05) is 0 Å². The lowest BCUT2D eigenvalue weighted by Gasteiger charge is -2.67. The molecule has 1 aliphatic heterocycles. The van der Waals surface area contributed by atoms with Gasteiger partial charge in [-0.05, 0) is 67.7 Å². The molecule has 2 bridgehead atoms. The van der Waals surface area contributed by atoms with Crippen molar-refractivity contribution in [1.82, 2.24) is 5.32 Å². The van der Waals surface area contributed by atoms with Crippen LogP contribution in [0.1, 0.15) is 99.0 Å². The molecule has 15 heteroatoms. The molecule has 15 nitrogen and oxygen atoms in total. The number of benzene rings is 3. The predicted molar refractivity (Wildman–Crippen MR) is 229 cm³/mol. The minimum atomic E-state index is -2.39. The highest BCUT2D eigenvalue weighted by Gasteiger charge is 2.78. The molecule has 0 aromatic heterocycles. The van der Waals surface area contributed by atoms with Crippen molar-refractivity contribution >= 4 is 35.6 Å². The van der Waals surface area contributed by atoms with Gasteiger partial charge in [-0.3, -0.25) is 19.2 Å². The van der Waals surface area contributed by atoms with Gasteiger partial charge in [0, 0.05) is 30.7 Å². The normalized spacial score (nSPS) is 32.3. The van der Waals surface area contributed by atoms with Gasteiger partial charge in [-0.2, -0.15) is 0 Å². The number of hydrogen-bond acceptors (Lipinski definition) is 14. The van der Waals surface area contributed by atoms with Crippen molar-refractivity contribution < 1.29 is 67.8 Å². The SMILES string of the molecule is CC(=O)O[C@H]1C(=O)[C@@]2(C)C([C@H](OC(=O)c3ccccc3)[C@]3(O)C[C@H](OC(=O)[C@H](O)[C@@H](NC(=O)c4ccccc4)c4ccccc4)C(C)=C1C3(C)C)[C@]1(OC(=O)C3CCC3)CO[C@@H]1C[C@@H]2O. The van der Waals surface area contributed by atoms with Crippen molar-refractivity contribution in [2.24, 2.45) is 22.7 Å². The van der Waals surface area contributed by atoms with Crippen LogP contribution in [-0.2, 0) is 42.9 Å². The van der Waals surface area contributed by atoms with Crippen molar-refractivity contribution in [2.45, 2.75) is 121 Å². The van der Waals surface area contributed by atoms with Crippen LogP contribution in [0, 0.1) is 22.7 Å². The van der Waals surface area contributed by atoms with Gasteiger partial charge >= 0.3 is 23.9 Å². The van der Waals surface area contributed by atoms with Crippen molar-refractivity contribution in [3.8, 4) is 0 Å². The van der Waals surface area contributed by atoms with Gasteiger partial charge in [-0.15, -0.1) is 0 Å². The number of esters is 4. The molecule has 5 aliphatic rings. The summed E-state index contributed by atoms with van der Waals surface area (Å²) in [5.41, 5.74) is -6.95. The second kappa shape index (κ2) is 17.2. The van der Waals surface area contributed by atoms with E-state index in [0.29, 0.717) is 18.4 Å². The van der Waals surface area contributed by atoms with Crippen LogP contribution in [0.25, 0.3) is 0 Å². The van der Waals surface area contributed by atoms with Gasteiger partial charge in [0.05, 0.1) is 41.6 Å². The van der Waals surface area contributed by atoms with Crippen molar-refractivity contribution in [3.63, 3.8) is 0 Å². The Balaban J connectivity index is 1.27. The number of rotatable bonds is 11. The summed E-state index contributed by atoms with van der Waals surface area (Å²) in [6, 6.07) is 23.1. The Bertz CT molecular complexity index is 2380. The molecule has 1 heterocycles. The number of nitrogens with one attached hydrogen (secondary N) is 1. The standard InChI is InChI=1S/C50H55NO14/c1-27-33(63-46(59)38(54)37(29-16-9-6-10-17-29)51-43(56)30-18-11-7-12-19-30)25-50(60)42(64-44(57)31-20-13-8-14-21-31)40-48(5,41(55)39(62-28(2)52)36(27)47(50,3)4)34(53)24-35-49(40,26-61-35)65-45(58)32-22-15-23-32/h6-14,16-21,32-35,37-40,42,53-54,60H,15,22-26H2,1-5H3,(H,51,56)/t33-,34-,35+,37-,38+,39+,40?,42-,48+,49-,50+/m0/s1. The highest BCUT2D eigenvalue weighted by atomic mass is 16.6. The van der Waals surface area contributed by atoms with Crippen LogP contribution in [0.4, 0.5) is 0 Å². The third-order valence-corrected chi connectivity index (χ3v) is 14.9. The molecule has 4 fully saturated rings. The molecule has 0 radical (unpaired) electrons. The maximum absolute atomic E-state index is 15.7. The van der Waals surface area contributed by atoms with Crippen molar-refractivity contribution in [2.75, 3.05) is 6.61 Å². The number of ether oxygens (including phenoxy) is 5. The number of amides is 1. The van der Waals surface area contributed by atoms with Gasteiger partial charge in [0.15, 0.2) is 23.6 Å². The molecule has 1 amide bonds. The minimum absolute atomic E-state index is 0.0101. The lowest BCUT2D eigenvalue weighted by molar-refractivity contribution is -0.347. The summed E-state index contributed by atoms with van der Waals surface area (Å²) in [4.78, 5) is 85.1. The van der Waals surface area contributed by atoms with Crippen molar-refractivity contribution in [3.05, 3.63) is 119 Å². The number of hydrogen-bond donors (Lipinski definition) is 4. The molecule has 1 unspecified atom stereocenters. The Kier molecular flexibility index (Phi) is 12.2. The van der Waals surface area contributed by atoms with Crippen LogP contribution in [0.3, 0.4) is 0 Å². The molecule has 4 aliphatic carbocycles. The first-order valence-electron chi connectivity index (χ1n) is 22.1. The molecular weight excluding hydrogens is 839 g/mol. The zero-order valence-electron chi connectivity index (χ0n) is 36.9. The largest absolute Gasteiger partial charge is 0.456 e. The minimum Gasteiger partial charge on any atom is -0.456 e. The smallest absolute Gasteiger partial charge is 0.338 e. The zero-order valence-corrected chi connectivity index (χ0v) is 36.9. The van der Waals surface area contributed by atoms with Gasteiger partial charge in [-0.25, -0.2) is 9.59 Å². The Morgan fingerprint density at radius 3 is 2.00 bits per heavy atom. The Morgan fingerprint density at radius 1 is 0.846 bits per heavy atom. The maximum atomic E-state index is 15.7. The molecule has 1 saturated heterocycles. The van der Waals surface area contributed by atoms with Crippen LogP contribution >= 0.6 is 0 Å². The van der Waals surface area contributed by atoms with E-state index in [1.165, 1.54) is 26.0 Å². The first-order valence-corrected chi connectivity index (χ1v) is 22.1. The van der Waals surface area contributed by atoms with E-state index in [1.54, 1.807) is 92.7 Å². The quantitative estimate of drug-likeness (QED) is 0.118. The molecule has 8 rings (SSSR count). The maximum Gasteiger partial charge on any atom is 0.338 e. The highest BCUT2D eigenvalue weighted by Crippen LogP contribution is 2.64. The van der Waals surface area contributed by atoms with E-state index in [0.717, 1.165) is 13.3 Å². The summed E-state index contributed by atoms with van der Waals surface area (Å²) in [6.45, 7) is 6.96. The van der Waals surface area contributed by atoms with Gasteiger partial charge < -0.3 is 44.3 Å². The van der Waals surface area contributed by atoms with E-state index in [9.17, 15) is 39.3 Å². The number of carbonyl (C=O) groups excluding carboxylic acids is 6. The summed E-state index contributed by atoms with van der Waals surface area (Å²) in [5.74, 6) is -7.00. The first-order chi connectivity index (χ1) is 30.8. The Morgan fingerprint density at radius 2 is 1.45 bits per heavy atom. The molecule has 65 heavy (non-hydrogen) atoms.